The van der Waals surface area contributed by atoms with Crippen molar-refractivity contribution in [1.29, 1.82) is 0 Å². The van der Waals surface area contributed by atoms with E-state index in [-0.39, 0.29) is 0 Å². The Balaban J connectivity index is 2.34. The van der Waals surface area contributed by atoms with E-state index in [9.17, 15) is 0 Å². The maximum atomic E-state index is 6.03. The van der Waals surface area contributed by atoms with E-state index in [2.05, 4.69) is 15.2 Å². The van der Waals surface area contributed by atoms with Crippen molar-refractivity contribution in [1.82, 2.24) is 19.6 Å². The Hall–Kier alpha value is -1.65. The van der Waals surface area contributed by atoms with Crippen LogP contribution in [0.15, 0.2) is 36.7 Å². The average molecular weight is 265 g/mol. The second kappa shape index (κ2) is 3.98. The van der Waals surface area contributed by atoms with Crippen molar-refractivity contribution in [2.45, 2.75) is 0 Å². The summed E-state index contributed by atoms with van der Waals surface area (Å²) in [5, 5.41) is 8.11. The molecule has 6 heteroatoms. The minimum absolute atomic E-state index is 0.307. The van der Waals surface area contributed by atoms with E-state index in [0.717, 1.165) is 16.9 Å². The maximum absolute atomic E-state index is 6.03. The zero-order valence-electron chi connectivity index (χ0n) is 8.51. The summed E-state index contributed by atoms with van der Waals surface area (Å²) in [4.78, 5) is 4.21. The number of hydrogen-bond donors (Lipinski definition) is 0. The first-order chi connectivity index (χ1) is 8.25. The first-order valence-corrected chi connectivity index (χ1v) is 5.62. The fourth-order valence-electron chi connectivity index (χ4n) is 1.70. The van der Waals surface area contributed by atoms with Gasteiger partial charge in [-0.25, -0.2) is 4.98 Å². The third-order valence-corrected chi connectivity index (χ3v) is 2.89. The van der Waals surface area contributed by atoms with Gasteiger partial charge in [-0.05, 0) is 18.2 Å². The lowest BCUT2D eigenvalue weighted by molar-refractivity contribution is 1.03. The first kappa shape index (κ1) is 10.5. The molecule has 0 aliphatic rings. The van der Waals surface area contributed by atoms with Gasteiger partial charge in [0.25, 0.3) is 0 Å². The lowest BCUT2D eigenvalue weighted by Crippen LogP contribution is -1.94. The van der Waals surface area contributed by atoms with Crippen LogP contribution in [0.25, 0.3) is 16.9 Å². The number of pyridine rings is 1. The van der Waals surface area contributed by atoms with Gasteiger partial charge >= 0.3 is 0 Å². The Bertz CT molecular complexity index is 693. The summed E-state index contributed by atoms with van der Waals surface area (Å²) in [7, 11) is 0. The van der Waals surface area contributed by atoms with E-state index in [0.29, 0.717) is 10.3 Å². The molecule has 3 rings (SSSR count). The molecule has 0 N–H and O–H groups in total. The molecule has 0 saturated carbocycles. The molecule has 0 bridgehead atoms. The quantitative estimate of drug-likeness (QED) is 0.679. The molecule has 0 atom stereocenters. The number of aromatic nitrogens is 4. The highest BCUT2D eigenvalue weighted by atomic mass is 35.5. The predicted molar refractivity (Wildman–Crippen MR) is 66.2 cm³/mol. The maximum Gasteiger partial charge on any atom is 0.161 e. The molecule has 0 unspecified atom stereocenters. The Morgan fingerprint density at radius 1 is 1.12 bits per heavy atom. The van der Waals surface area contributed by atoms with Crippen LogP contribution in [0, 0.1) is 0 Å². The summed E-state index contributed by atoms with van der Waals surface area (Å²) >= 11 is 11.9. The minimum Gasteiger partial charge on any atom is -0.300 e. The van der Waals surface area contributed by atoms with Crippen molar-refractivity contribution in [2.24, 2.45) is 0 Å². The molecule has 4 nitrogen and oxygen atoms in total. The van der Waals surface area contributed by atoms with Gasteiger partial charge < -0.3 is 0 Å². The Labute approximate surface area is 107 Å². The summed E-state index contributed by atoms with van der Waals surface area (Å²) in [6.07, 6.45) is 3.58. The molecule has 84 valence electrons. The van der Waals surface area contributed by atoms with Gasteiger partial charge in [0.05, 0.1) is 5.69 Å². The summed E-state index contributed by atoms with van der Waals surface area (Å²) in [6.45, 7) is 0. The molecule has 3 aromatic rings. The number of imidazole rings is 1. The van der Waals surface area contributed by atoms with Crippen LogP contribution in [-0.2, 0) is 0 Å². The molecule has 0 spiro atoms. The first-order valence-electron chi connectivity index (χ1n) is 4.87. The predicted octanol–water partition coefficient (Wildman–Crippen LogP) is 3.10. The zero-order chi connectivity index (χ0) is 11.8. The fourth-order valence-corrected chi connectivity index (χ4v) is 2.04. The topological polar surface area (TPSA) is 43.1 Å². The van der Waals surface area contributed by atoms with E-state index in [1.165, 1.54) is 0 Å². The number of halogens is 2. The van der Waals surface area contributed by atoms with Crippen LogP contribution < -0.4 is 0 Å². The average Bonchev–Trinajstić information content (AvgIpc) is 2.80. The second-order valence-electron chi connectivity index (χ2n) is 3.44. The third-order valence-electron chi connectivity index (χ3n) is 2.42. The lowest BCUT2D eigenvalue weighted by Gasteiger charge is -2.06. The smallest absolute Gasteiger partial charge is 0.161 e. The highest BCUT2D eigenvalue weighted by molar-refractivity contribution is 6.33. The largest absolute Gasteiger partial charge is 0.300 e. The fraction of sp³-hybridized carbons (Fsp3) is 0. The minimum atomic E-state index is 0.307. The molecule has 3 aromatic heterocycles. The highest BCUT2D eigenvalue weighted by Gasteiger charge is 2.10. The van der Waals surface area contributed by atoms with Crippen LogP contribution in [0.2, 0.25) is 10.3 Å². The Morgan fingerprint density at radius 3 is 2.88 bits per heavy atom. The van der Waals surface area contributed by atoms with Crippen LogP contribution in [0.5, 0.6) is 0 Å². The van der Waals surface area contributed by atoms with Crippen LogP contribution in [0.4, 0.5) is 0 Å². The van der Waals surface area contributed by atoms with Crippen LogP contribution in [0.3, 0.4) is 0 Å². The van der Waals surface area contributed by atoms with E-state index < -0.39 is 0 Å². The van der Waals surface area contributed by atoms with Crippen molar-refractivity contribution in [3.05, 3.63) is 47.0 Å². The SMILES string of the molecule is Clc1cc(-c2cccc3nccn23)c(Cl)nn1. The standard InChI is InChI=1S/C11H6Cl2N4/c12-9-6-7(11(13)16-15-9)8-2-1-3-10-14-4-5-17(8)10/h1-6H. The lowest BCUT2D eigenvalue weighted by atomic mass is 10.2. The van der Waals surface area contributed by atoms with E-state index in [1.54, 1.807) is 12.3 Å². The summed E-state index contributed by atoms with van der Waals surface area (Å²) in [5.41, 5.74) is 2.45. The summed E-state index contributed by atoms with van der Waals surface area (Å²) in [5.74, 6) is 0. The molecule has 0 aromatic carbocycles. The van der Waals surface area contributed by atoms with Crippen LogP contribution in [-0.4, -0.2) is 19.6 Å². The molecule has 0 aliphatic carbocycles. The van der Waals surface area contributed by atoms with E-state index in [4.69, 9.17) is 23.2 Å². The number of hydrogen-bond acceptors (Lipinski definition) is 3. The van der Waals surface area contributed by atoms with Crippen molar-refractivity contribution in [3.8, 4) is 11.3 Å². The number of fused-ring (bicyclic) bond motifs is 1. The third kappa shape index (κ3) is 1.75. The van der Waals surface area contributed by atoms with Gasteiger partial charge in [-0.15, -0.1) is 10.2 Å². The van der Waals surface area contributed by atoms with E-state index >= 15 is 0 Å². The van der Waals surface area contributed by atoms with Crippen molar-refractivity contribution >= 4 is 28.8 Å². The van der Waals surface area contributed by atoms with Crippen molar-refractivity contribution in [3.63, 3.8) is 0 Å². The Morgan fingerprint density at radius 2 is 2.00 bits per heavy atom. The highest BCUT2D eigenvalue weighted by Crippen LogP contribution is 2.27. The number of nitrogens with zero attached hydrogens (tertiary/aromatic N) is 4. The normalized spacial score (nSPS) is 10.9. The van der Waals surface area contributed by atoms with Gasteiger partial charge in [0.15, 0.2) is 10.3 Å². The molecular weight excluding hydrogens is 259 g/mol. The van der Waals surface area contributed by atoms with Gasteiger partial charge in [0.2, 0.25) is 0 Å². The van der Waals surface area contributed by atoms with Crippen LogP contribution >= 0.6 is 23.2 Å². The van der Waals surface area contributed by atoms with Gasteiger partial charge in [-0.1, -0.05) is 29.3 Å². The second-order valence-corrected chi connectivity index (χ2v) is 4.18. The molecule has 3 heterocycles. The molecule has 0 saturated heterocycles. The number of rotatable bonds is 1. The van der Waals surface area contributed by atoms with Gasteiger partial charge in [-0.2, -0.15) is 0 Å². The van der Waals surface area contributed by atoms with E-state index in [1.807, 2.05) is 28.8 Å². The van der Waals surface area contributed by atoms with Gasteiger partial charge in [-0.3, -0.25) is 4.40 Å². The molecule has 0 radical (unpaired) electrons. The Kier molecular flexibility index (Phi) is 2.46. The van der Waals surface area contributed by atoms with Crippen molar-refractivity contribution in [2.75, 3.05) is 0 Å². The molecule has 0 amide bonds. The van der Waals surface area contributed by atoms with Gasteiger partial charge in [0.1, 0.15) is 5.65 Å². The van der Waals surface area contributed by atoms with Crippen molar-refractivity contribution < 1.29 is 0 Å². The van der Waals surface area contributed by atoms with Gasteiger partial charge in [0, 0.05) is 18.0 Å². The monoisotopic (exact) mass is 264 g/mol. The summed E-state index contributed by atoms with van der Waals surface area (Å²) in [6, 6.07) is 7.43. The molecule has 0 fully saturated rings. The van der Waals surface area contributed by atoms with Crippen LogP contribution in [0.1, 0.15) is 0 Å². The molecule has 17 heavy (non-hydrogen) atoms. The molecular formula is C11H6Cl2N4. The zero-order valence-corrected chi connectivity index (χ0v) is 10.0. The summed E-state index contributed by atoms with van der Waals surface area (Å²) < 4.78 is 1.92. The molecule has 0 aliphatic heterocycles.